The van der Waals surface area contributed by atoms with Crippen molar-refractivity contribution in [2.75, 3.05) is 26.2 Å². The van der Waals surface area contributed by atoms with E-state index in [9.17, 15) is 5.11 Å². The van der Waals surface area contributed by atoms with Gasteiger partial charge in [-0.1, -0.05) is 11.6 Å². The summed E-state index contributed by atoms with van der Waals surface area (Å²) < 4.78 is 7.67. The number of ether oxygens (including phenoxy) is 1. The maximum atomic E-state index is 10.2. The fourth-order valence-electron chi connectivity index (χ4n) is 4.05. The highest BCUT2D eigenvalue weighted by Gasteiger charge is 2.27. The van der Waals surface area contributed by atoms with Gasteiger partial charge in [0.25, 0.3) is 0 Å². The summed E-state index contributed by atoms with van der Waals surface area (Å²) in [6.45, 7) is 2.65. The van der Waals surface area contributed by atoms with Gasteiger partial charge in [0, 0.05) is 41.6 Å². The van der Waals surface area contributed by atoms with Crippen LogP contribution in [0.2, 0.25) is 5.02 Å². The number of rotatable bonds is 7. The Labute approximate surface area is 175 Å². The zero-order valence-electron chi connectivity index (χ0n) is 16.4. The van der Waals surface area contributed by atoms with E-state index in [4.69, 9.17) is 22.1 Å². The summed E-state index contributed by atoms with van der Waals surface area (Å²) in [5.74, 6) is 0.431. The zero-order valence-corrected chi connectivity index (χ0v) is 17.1. The molecule has 2 aromatic heterocycles. The Morgan fingerprint density at radius 2 is 1.97 bits per heavy atom. The van der Waals surface area contributed by atoms with E-state index >= 15 is 0 Å². The van der Waals surface area contributed by atoms with Crippen LogP contribution in [-0.2, 0) is 4.74 Å². The van der Waals surface area contributed by atoms with Crippen LogP contribution in [0.1, 0.15) is 30.7 Å². The van der Waals surface area contributed by atoms with Gasteiger partial charge < -0.3 is 20.1 Å². The molecule has 4 rings (SSSR count). The van der Waals surface area contributed by atoms with Crippen molar-refractivity contribution in [3.8, 4) is 5.69 Å². The Morgan fingerprint density at radius 3 is 2.69 bits per heavy atom. The molecule has 1 atom stereocenters. The number of piperidine rings is 1. The third-order valence-electron chi connectivity index (χ3n) is 5.64. The SMILES string of the molecule is NCCCOC(O)N1CCC(c2cn(-c3ccc(Cl)cc3)c3cnccc23)CC1. The summed E-state index contributed by atoms with van der Waals surface area (Å²) in [7, 11) is 0. The van der Waals surface area contributed by atoms with Gasteiger partial charge in [-0.05, 0) is 67.6 Å². The van der Waals surface area contributed by atoms with E-state index in [1.807, 2.05) is 41.6 Å². The molecule has 29 heavy (non-hydrogen) atoms. The van der Waals surface area contributed by atoms with Gasteiger partial charge in [-0.3, -0.25) is 9.88 Å². The quantitative estimate of drug-likeness (QED) is 0.457. The Bertz CT molecular complexity index is 936. The predicted octanol–water partition coefficient (Wildman–Crippen LogP) is 3.50. The lowest BCUT2D eigenvalue weighted by atomic mass is 9.89. The maximum absolute atomic E-state index is 10.2. The van der Waals surface area contributed by atoms with E-state index in [-0.39, 0.29) is 0 Å². The Kier molecular flexibility index (Phi) is 6.47. The van der Waals surface area contributed by atoms with Crippen LogP contribution in [0, 0.1) is 0 Å². The van der Waals surface area contributed by atoms with Crippen molar-refractivity contribution < 1.29 is 9.84 Å². The number of fused-ring (bicyclic) bond motifs is 1. The highest BCUT2D eigenvalue weighted by Crippen LogP contribution is 2.35. The summed E-state index contributed by atoms with van der Waals surface area (Å²) in [6.07, 6.45) is 7.84. The van der Waals surface area contributed by atoms with E-state index < -0.39 is 6.41 Å². The number of hydrogen-bond acceptors (Lipinski definition) is 5. The van der Waals surface area contributed by atoms with Gasteiger partial charge in [-0.2, -0.15) is 0 Å². The molecule has 1 aliphatic heterocycles. The second-order valence-electron chi connectivity index (χ2n) is 7.47. The van der Waals surface area contributed by atoms with Gasteiger partial charge in [0.15, 0.2) is 0 Å². The van der Waals surface area contributed by atoms with E-state index in [1.165, 1.54) is 10.9 Å². The third kappa shape index (κ3) is 4.47. The minimum Gasteiger partial charge on any atom is -0.356 e. The van der Waals surface area contributed by atoms with Crippen molar-refractivity contribution in [3.05, 3.63) is 59.5 Å². The van der Waals surface area contributed by atoms with Gasteiger partial charge in [0.2, 0.25) is 6.41 Å². The average molecular weight is 415 g/mol. The van der Waals surface area contributed by atoms with Crippen molar-refractivity contribution in [1.29, 1.82) is 0 Å². The Hall–Kier alpha value is -1.96. The van der Waals surface area contributed by atoms with Crippen LogP contribution >= 0.6 is 11.6 Å². The standard InChI is InChI=1S/C22H27ClN4O2/c23-17-2-4-18(5-3-17)27-15-20(19-6-10-25-14-21(19)27)16-7-11-26(12-8-16)22(28)29-13-1-9-24/h2-6,10,14-16,22,28H,1,7-9,11-13,24H2. The molecule has 7 heteroatoms. The summed E-state index contributed by atoms with van der Waals surface area (Å²) in [5.41, 5.74) is 8.98. The molecular weight excluding hydrogens is 388 g/mol. The molecule has 0 aliphatic carbocycles. The van der Waals surface area contributed by atoms with Crippen LogP contribution in [-0.4, -0.2) is 52.2 Å². The fourth-order valence-corrected chi connectivity index (χ4v) is 4.18. The zero-order chi connectivity index (χ0) is 20.2. The molecular formula is C22H27ClN4O2. The van der Waals surface area contributed by atoms with Crippen LogP contribution in [0.3, 0.4) is 0 Å². The molecule has 3 heterocycles. The van der Waals surface area contributed by atoms with Gasteiger partial charge in [-0.25, -0.2) is 0 Å². The molecule has 3 aromatic rings. The summed E-state index contributed by atoms with van der Waals surface area (Å²) >= 11 is 6.06. The first kappa shape index (κ1) is 20.3. The number of nitrogens with zero attached hydrogens (tertiary/aromatic N) is 3. The molecule has 1 unspecified atom stereocenters. The summed E-state index contributed by atoms with van der Waals surface area (Å²) in [5, 5.41) is 12.2. The largest absolute Gasteiger partial charge is 0.356 e. The minimum atomic E-state index is -0.845. The molecule has 0 bridgehead atoms. The molecule has 1 aromatic carbocycles. The van der Waals surface area contributed by atoms with Crippen molar-refractivity contribution in [2.45, 2.75) is 31.6 Å². The first-order valence-electron chi connectivity index (χ1n) is 10.1. The average Bonchev–Trinajstić information content (AvgIpc) is 3.14. The van der Waals surface area contributed by atoms with E-state index in [0.717, 1.165) is 48.6 Å². The van der Waals surface area contributed by atoms with Crippen molar-refractivity contribution in [1.82, 2.24) is 14.5 Å². The van der Waals surface area contributed by atoms with Crippen molar-refractivity contribution in [2.24, 2.45) is 5.73 Å². The van der Waals surface area contributed by atoms with Gasteiger partial charge in [0.1, 0.15) is 0 Å². The molecule has 0 spiro atoms. The topological polar surface area (TPSA) is 76.5 Å². The summed E-state index contributed by atoms with van der Waals surface area (Å²) in [4.78, 5) is 6.33. The van der Waals surface area contributed by atoms with Crippen LogP contribution in [0.15, 0.2) is 48.9 Å². The normalized spacial score (nSPS) is 17.1. The Balaban J connectivity index is 1.52. The summed E-state index contributed by atoms with van der Waals surface area (Å²) in [6, 6.07) is 9.95. The molecule has 1 aliphatic rings. The molecule has 3 N–H and O–H groups in total. The number of pyridine rings is 1. The lowest BCUT2D eigenvalue weighted by molar-refractivity contribution is -0.198. The van der Waals surface area contributed by atoms with Crippen LogP contribution in [0.25, 0.3) is 16.6 Å². The van der Waals surface area contributed by atoms with Crippen LogP contribution in [0.4, 0.5) is 0 Å². The molecule has 0 saturated carbocycles. The lowest BCUT2D eigenvalue weighted by Crippen LogP contribution is -2.42. The minimum absolute atomic E-state index is 0.431. The van der Waals surface area contributed by atoms with Crippen molar-refractivity contribution >= 4 is 22.5 Å². The van der Waals surface area contributed by atoms with Crippen LogP contribution in [0.5, 0.6) is 0 Å². The molecule has 0 radical (unpaired) electrons. The number of aromatic nitrogens is 2. The fraction of sp³-hybridized carbons (Fsp3) is 0.409. The highest BCUT2D eigenvalue weighted by atomic mass is 35.5. The molecule has 1 saturated heterocycles. The molecule has 154 valence electrons. The smallest absolute Gasteiger partial charge is 0.216 e. The van der Waals surface area contributed by atoms with E-state index in [1.54, 1.807) is 0 Å². The molecule has 0 amide bonds. The number of hydrogen-bond donors (Lipinski definition) is 2. The second-order valence-corrected chi connectivity index (χ2v) is 7.91. The maximum Gasteiger partial charge on any atom is 0.216 e. The second kappa shape index (κ2) is 9.24. The van der Waals surface area contributed by atoms with Crippen LogP contribution < -0.4 is 5.73 Å². The number of aliphatic hydroxyl groups is 1. The first-order valence-corrected chi connectivity index (χ1v) is 10.5. The third-order valence-corrected chi connectivity index (χ3v) is 5.89. The Morgan fingerprint density at radius 1 is 1.21 bits per heavy atom. The van der Waals surface area contributed by atoms with E-state index in [2.05, 4.69) is 21.8 Å². The predicted molar refractivity (Wildman–Crippen MR) is 115 cm³/mol. The van der Waals surface area contributed by atoms with Gasteiger partial charge in [0.05, 0.1) is 18.3 Å². The number of benzene rings is 1. The van der Waals surface area contributed by atoms with Gasteiger partial charge >= 0.3 is 0 Å². The highest BCUT2D eigenvalue weighted by molar-refractivity contribution is 6.30. The van der Waals surface area contributed by atoms with E-state index in [0.29, 0.717) is 19.1 Å². The molecule has 6 nitrogen and oxygen atoms in total. The monoisotopic (exact) mass is 414 g/mol. The lowest BCUT2D eigenvalue weighted by Gasteiger charge is -2.34. The number of halogens is 1. The first-order chi connectivity index (χ1) is 14.2. The number of likely N-dealkylation sites (tertiary alicyclic amines) is 1. The van der Waals surface area contributed by atoms with Crippen molar-refractivity contribution in [3.63, 3.8) is 0 Å². The van der Waals surface area contributed by atoms with Gasteiger partial charge in [-0.15, -0.1) is 0 Å². The molecule has 1 fully saturated rings. The number of aliphatic hydroxyl groups excluding tert-OH is 1. The number of nitrogens with two attached hydrogens (primary N) is 1.